The first-order valence-corrected chi connectivity index (χ1v) is 10.1. The van der Waals surface area contributed by atoms with Crippen molar-refractivity contribution >= 4 is 20.0 Å². The summed E-state index contributed by atoms with van der Waals surface area (Å²) in [4.78, 5) is 0.108. The topological polar surface area (TPSA) is 98.5 Å². The Morgan fingerprint density at radius 1 is 1.09 bits per heavy atom. The van der Waals surface area contributed by atoms with E-state index in [1.807, 2.05) is 6.07 Å². The highest BCUT2D eigenvalue weighted by Crippen LogP contribution is 2.23. The van der Waals surface area contributed by atoms with Crippen LogP contribution in [-0.4, -0.2) is 52.1 Å². The molecule has 0 unspecified atom stereocenters. The normalized spacial score (nSPS) is 16.6. The Morgan fingerprint density at radius 3 is 2.13 bits per heavy atom. The smallest absolute Gasteiger partial charge is 0.207 e. The molecule has 9 heteroatoms. The fourth-order valence-corrected chi connectivity index (χ4v) is 5.06. The number of sulfonamides is 2. The molecule has 0 aromatic heterocycles. The molecule has 126 valence electrons. The Kier molecular flexibility index (Phi) is 5.41. The molecule has 1 aromatic rings. The van der Waals surface area contributed by atoms with Crippen LogP contribution < -0.4 is 0 Å². The van der Waals surface area contributed by atoms with E-state index in [2.05, 4.69) is 0 Å². The Hall–Kier alpha value is -1.47. The van der Waals surface area contributed by atoms with Crippen molar-refractivity contribution in [1.29, 1.82) is 5.26 Å². The standard InChI is InChI=1S/C14H19N3O4S2/c1-16(10-4-9-15)22(18,19)13-5-7-14(8-6-13)23(20,21)17-11-2-3-12-17/h5-8H,2-4,10-12H2,1H3. The van der Waals surface area contributed by atoms with E-state index in [1.54, 1.807) is 0 Å². The molecule has 0 spiro atoms. The van der Waals surface area contributed by atoms with Gasteiger partial charge in [0.15, 0.2) is 0 Å². The van der Waals surface area contributed by atoms with Gasteiger partial charge in [-0.3, -0.25) is 0 Å². The zero-order valence-electron chi connectivity index (χ0n) is 12.8. The molecule has 0 aliphatic carbocycles. The van der Waals surface area contributed by atoms with Gasteiger partial charge in [0.2, 0.25) is 20.0 Å². The Morgan fingerprint density at radius 2 is 1.61 bits per heavy atom. The van der Waals surface area contributed by atoms with Crippen molar-refractivity contribution < 1.29 is 16.8 Å². The largest absolute Gasteiger partial charge is 0.243 e. The lowest BCUT2D eigenvalue weighted by atomic mass is 10.4. The highest BCUT2D eigenvalue weighted by molar-refractivity contribution is 7.89. The number of rotatable bonds is 6. The zero-order valence-corrected chi connectivity index (χ0v) is 14.5. The SMILES string of the molecule is CN(CCC#N)S(=O)(=O)c1ccc(S(=O)(=O)N2CCCC2)cc1. The van der Waals surface area contributed by atoms with E-state index in [9.17, 15) is 16.8 Å². The van der Waals surface area contributed by atoms with Gasteiger partial charge in [-0.15, -0.1) is 0 Å². The van der Waals surface area contributed by atoms with E-state index in [1.165, 1.54) is 35.6 Å². The predicted molar refractivity (Wildman–Crippen MR) is 84.5 cm³/mol. The Bertz CT molecular complexity index is 789. The third-order valence-electron chi connectivity index (χ3n) is 3.77. The third-order valence-corrected chi connectivity index (χ3v) is 7.56. The summed E-state index contributed by atoms with van der Waals surface area (Å²) in [7, 11) is -5.88. The van der Waals surface area contributed by atoms with Gasteiger partial charge in [0.25, 0.3) is 0 Å². The second kappa shape index (κ2) is 6.97. The molecule has 0 amide bonds. The molecule has 0 radical (unpaired) electrons. The molecular weight excluding hydrogens is 338 g/mol. The lowest BCUT2D eigenvalue weighted by Gasteiger charge is -2.17. The van der Waals surface area contributed by atoms with Crippen LogP contribution in [0.25, 0.3) is 0 Å². The van der Waals surface area contributed by atoms with Crippen LogP contribution >= 0.6 is 0 Å². The molecule has 1 saturated heterocycles. The van der Waals surface area contributed by atoms with Crippen LogP contribution in [0, 0.1) is 11.3 Å². The lowest BCUT2D eigenvalue weighted by Crippen LogP contribution is -2.29. The van der Waals surface area contributed by atoms with E-state index in [-0.39, 0.29) is 22.8 Å². The van der Waals surface area contributed by atoms with Crippen LogP contribution in [0.2, 0.25) is 0 Å². The molecular formula is C14H19N3O4S2. The molecule has 7 nitrogen and oxygen atoms in total. The van der Waals surface area contributed by atoms with Crippen LogP contribution in [0.1, 0.15) is 19.3 Å². The molecule has 0 N–H and O–H groups in total. The quantitative estimate of drug-likeness (QED) is 0.756. The molecule has 1 aromatic carbocycles. The summed E-state index contributed by atoms with van der Waals surface area (Å²) in [5.74, 6) is 0. The van der Waals surface area contributed by atoms with Gasteiger partial charge in [-0.25, -0.2) is 16.8 Å². The van der Waals surface area contributed by atoms with Crippen molar-refractivity contribution in [1.82, 2.24) is 8.61 Å². The van der Waals surface area contributed by atoms with Gasteiger partial charge in [0.05, 0.1) is 15.9 Å². The monoisotopic (exact) mass is 357 g/mol. The average Bonchev–Trinajstić information content (AvgIpc) is 3.07. The molecule has 1 heterocycles. The minimum Gasteiger partial charge on any atom is -0.207 e. The van der Waals surface area contributed by atoms with Crippen molar-refractivity contribution in [2.24, 2.45) is 0 Å². The van der Waals surface area contributed by atoms with Crippen LogP contribution in [0.15, 0.2) is 34.1 Å². The number of benzene rings is 1. The molecule has 0 atom stereocenters. The van der Waals surface area contributed by atoms with E-state index in [0.717, 1.165) is 17.1 Å². The molecule has 0 bridgehead atoms. The van der Waals surface area contributed by atoms with Crippen LogP contribution in [-0.2, 0) is 20.0 Å². The predicted octanol–water partition coefficient (Wildman–Crippen LogP) is 1.01. The van der Waals surface area contributed by atoms with Crippen molar-refractivity contribution in [3.05, 3.63) is 24.3 Å². The van der Waals surface area contributed by atoms with Crippen molar-refractivity contribution in [2.45, 2.75) is 29.1 Å². The minimum atomic E-state index is -3.72. The fourth-order valence-electron chi connectivity index (χ4n) is 2.37. The van der Waals surface area contributed by atoms with Gasteiger partial charge in [0, 0.05) is 33.1 Å². The Labute approximate surface area is 137 Å². The minimum absolute atomic E-state index is 0.0123. The van der Waals surface area contributed by atoms with Gasteiger partial charge in [-0.05, 0) is 37.1 Å². The molecule has 2 rings (SSSR count). The maximum Gasteiger partial charge on any atom is 0.243 e. The van der Waals surface area contributed by atoms with Crippen LogP contribution in [0.3, 0.4) is 0 Å². The highest BCUT2D eigenvalue weighted by Gasteiger charge is 2.28. The number of hydrogen-bond acceptors (Lipinski definition) is 5. The summed E-state index contributed by atoms with van der Waals surface area (Å²) in [6.45, 7) is 1.09. The fraction of sp³-hybridized carbons (Fsp3) is 0.500. The van der Waals surface area contributed by atoms with E-state index in [4.69, 9.17) is 5.26 Å². The number of nitriles is 1. The summed E-state index contributed by atoms with van der Waals surface area (Å²) < 4.78 is 51.9. The van der Waals surface area contributed by atoms with Crippen LogP contribution in [0.4, 0.5) is 0 Å². The molecule has 1 aliphatic rings. The van der Waals surface area contributed by atoms with E-state index >= 15 is 0 Å². The van der Waals surface area contributed by atoms with Gasteiger partial charge >= 0.3 is 0 Å². The first kappa shape index (κ1) is 17.9. The molecule has 0 saturated carbocycles. The van der Waals surface area contributed by atoms with Gasteiger partial charge in [0.1, 0.15) is 0 Å². The summed E-state index contributed by atoms with van der Waals surface area (Å²) in [5, 5.41) is 8.54. The summed E-state index contributed by atoms with van der Waals surface area (Å²) in [6.07, 6.45) is 1.78. The molecule has 1 aliphatic heterocycles. The average molecular weight is 357 g/mol. The first-order valence-electron chi connectivity index (χ1n) is 7.23. The first-order chi connectivity index (χ1) is 10.8. The zero-order chi connectivity index (χ0) is 17.1. The second-order valence-electron chi connectivity index (χ2n) is 5.32. The lowest BCUT2D eigenvalue weighted by molar-refractivity contribution is 0.474. The maximum atomic E-state index is 12.4. The van der Waals surface area contributed by atoms with E-state index < -0.39 is 20.0 Å². The van der Waals surface area contributed by atoms with Gasteiger partial charge < -0.3 is 0 Å². The van der Waals surface area contributed by atoms with Gasteiger partial charge in [-0.2, -0.15) is 13.9 Å². The maximum absolute atomic E-state index is 12.4. The number of nitrogens with zero attached hydrogens (tertiary/aromatic N) is 3. The number of hydrogen-bond donors (Lipinski definition) is 0. The molecule has 23 heavy (non-hydrogen) atoms. The molecule has 1 fully saturated rings. The van der Waals surface area contributed by atoms with Crippen molar-refractivity contribution in [3.63, 3.8) is 0 Å². The summed E-state index contributed by atoms with van der Waals surface area (Å²) in [5.41, 5.74) is 0. The summed E-state index contributed by atoms with van der Waals surface area (Å²) in [6, 6.07) is 7.11. The highest BCUT2D eigenvalue weighted by atomic mass is 32.2. The van der Waals surface area contributed by atoms with Crippen LogP contribution in [0.5, 0.6) is 0 Å². The van der Waals surface area contributed by atoms with Crippen molar-refractivity contribution in [3.8, 4) is 6.07 Å². The third kappa shape index (κ3) is 3.72. The van der Waals surface area contributed by atoms with E-state index in [0.29, 0.717) is 13.1 Å². The summed E-state index contributed by atoms with van der Waals surface area (Å²) >= 11 is 0. The van der Waals surface area contributed by atoms with Gasteiger partial charge in [-0.1, -0.05) is 0 Å². The second-order valence-corrected chi connectivity index (χ2v) is 9.30. The Balaban J connectivity index is 2.24. The van der Waals surface area contributed by atoms with Crippen molar-refractivity contribution in [2.75, 3.05) is 26.7 Å².